The predicted octanol–water partition coefficient (Wildman–Crippen LogP) is 3.29. The van der Waals surface area contributed by atoms with E-state index >= 15 is 0 Å². The molecule has 0 saturated carbocycles. The van der Waals surface area contributed by atoms with Crippen LogP contribution in [0, 0.1) is 0 Å². The first-order valence-corrected chi connectivity index (χ1v) is 9.72. The molecule has 2 aliphatic carbocycles. The first kappa shape index (κ1) is 19.2. The molecule has 1 aliphatic heterocycles. The number of hydrogen-bond acceptors (Lipinski definition) is 6. The van der Waals surface area contributed by atoms with E-state index in [9.17, 15) is 14.4 Å². The van der Waals surface area contributed by atoms with Crippen LogP contribution in [0.25, 0.3) is 0 Å². The van der Waals surface area contributed by atoms with Crippen LogP contribution in [0.1, 0.15) is 50.0 Å². The number of carbonyl (C=O) groups excluding carboxylic acids is 2. The quantitative estimate of drug-likeness (QED) is 0.812. The Balaban J connectivity index is 1.81. The lowest BCUT2D eigenvalue weighted by atomic mass is 9.73. The second-order valence-electron chi connectivity index (χ2n) is 7.35. The Bertz CT molecular complexity index is 912. The Kier molecular flexibility index (Phi) is 5.13. The number of allylic oxidation sites excluding steroid dienone is 4. The van der Waals surface area contributed by atoms with Gasteiger partial charge in [0, 0.05) is 42.7 Å². The van der Waals surface area contributed by atoms with E-state index in [1.807, 2.05) is 0 Å². The second-order valence-corrected chi connectivity index (χ2v) is 7.35. The lowest BCUT2D eigenvalue weighted by molar-refractivity contribution is -0.139. The number of carboxylic acid groups (broad SMARTS) is 1. The minimum absolute atomic E-state index is 0.00587. The van der Waals surface area contributed by atoms with E-state index in [-0.39, 0.29) is 11.6 Å². The molecule has 0 unspecified atom stereocenters. The van der Waals surface area contributed by atoms with Gasteiger partial charge < -0.3 is 19.3 Å². The first-order valence-electron chi connectivity index (χ1n) is 9.72. The molecule has 1 aromatic rings. The van der Waals surface area contributed by atoms with Gasteiger partial charge in [-0.2, -0.15) is 0 Å². The third-order valence-electron chi connectivity index (χ3n) is 5.51. The van der Waals surface area contributed by atoms with E-state index in [2.05, 4.69) is 0 Å². The molecular weight excluding hydrogens is 376 g/mol. The molecule has 1 heterocycles. The fraction of sp³-hybridized carbons (Fsp3) is 0.409. The van der Waals surface area contributed by atoms with Crippen LogP contribution in [0.15, 0.2) is 40.9 Å². The van der Waals surface area contributed by atoms with Crippen LogP contribution in [0.3, 0.4) is 0 Å². The summed E-state index contributed by atoms with van der Waals surface area (Å²) in [6.45, 7) is -0.492. The SMILES string of the molecule is COc1cc(C2C3=C(CCCC3=O)OC3=C2C(=O)CCC3)ccc1OCC(=O)O. The van der Waals surface area contributed by atoms with Crippen molar-refractivity contribution in [2.45, 2.75) is 44.4 Å². The largest absolute Gasteiger partial charge is 0.493 e. The maximum absolute atomic E-state index is 12.8. The molecule has 3 aliphatic rings. The number of Topliss-reactive ketones (excluding diaryl/α,β-unsaturated/α-hetero) is 2. The van der Waals surface area contributed by atoms with Gasteiger partial charge in [0.25, 0.3) is 0 Å². The standard InChI is InChI=1S/C22H22O7/c1-27-18-10-12(8-9-15(18)28-11-19(25)26)20-21-13(23)4-2-6-16(21)29-17-7-3-5-14(24)22(17)20/h8-10,20H,2-7,11H2,1H3,(H,25,26). The highest BCUT2D eigenvalue weighted by molar-refractivity contribution is 6.05. The Labute approximate surface area is 167 Å². The van der Waals surface area contributed by atoms with Crippen LogP contribution in [0.5, 0.6) is 11.5 Å². The summed E-state index contributed by atoms with van der Waals surface area (Å²) in [6, 6.07) is 5.09. The maximum Gasteiger partial charge on any atom is 0.341 e. The van der Waals surface area contributed by atoms with Crippen LogP contribution < -0.4 is 9.47 Å². The summed E-state index contributed by atoms with van der Waals surface area (Å²) in [6.07, 6.45) is 3.72. The van der Waals surface area contributed by atoms with Crippen molar-refractivity contribution >= 4 is 17.5 Å². The molecule has 0 saturated heterocycles. The van der Waals surface area contributed by atoms with Crippen molar-refractivity contribution in [3.8, 4) is 11.5 Å². The van der Waals surface area contributed by atoms with Gasteiger partial charge in [0.1, 0.15) is 11.5 Å². The highest BCUT2D eigenvalue weighted by atomic mass is 16.5. The van der Waals surface area contributed by atoms with Crippen molar-refractivity contribution < 1.29 is 33.7 Å². The molecule has 1 N–H and O–H groups in total. The van der Waals surface area contributed by atoms with E-state index in [4.69, 9.17) is 19.3 Å². The summed E-state index contributed by atoms with van der Waals surface area (Å²) in [4.78, 5) is 36.4. The summed E-state index contributed by atoms with van der Waals surface area (Å²) in [5.74, 6) is 0.417. The van der Waals surface area contributed by atoms with Crippen molar-refractivity contribution in [1.29, 1.82) is 0 Å². The summed E-state index contributed by atoms with van der Waals surface area (Å²) in [5.41, 5.74) is 1.86. The van der Waals surface area contributed by atoms with Crippen LogP contribution in [-0.2, 0) is 19.1 Å². The summed E-state index contributed by atoms with van der Waals surface area (Å²) in [5, 5.41) is 8.85. The lowest BCUT2D eigenvalue weighted by Gasteiger charge is -2.36. The molecule has 29 heavy (non-hydrogen) atoms. The highest BCUT2D eigenvalue weighted by Crippen LogP contribution is 2.48. The van der Waals surface area contributed by atoms with Crippen molar-refractivity contribution in [3.05, 3.63) is 46.4 Å². The molecule has 0 amide bonds. The van der Waals surface area contributed by atoms with E-state index in [1.165, 1.54) is 7.11 Å². The van der Waals surface area contributed by atoms with Crippen molar-refractivity contribution in [2.24, 2.45) is 0 Å². The third-order valence-corrected chi connectivity index (χ3v) is 5.51. The number of benzene rings is 1. The Morgan fingerprint density at radius 3 is 2.21 bits per heavy atom. The Morgan fingerprint density at radius 2 is 1.66 bits per heavy atom. The third kappa shape index (κ3) is 3.52. The Hall–Kier alpha value is -3.09. The molecule has 152 valence electrons. The lowest BCUT2D eigenvalue weighted by Crippen LogP contribution is -2.30. The highest BCUT2D eigenvalue weighted by Gasteiger charge is 2.41. The zero-order valence-corrected chi connectivity index (χ0v) is 16.2. The minimum atomic E-state index is -1.09. The van der Waals surface area contributed by atoms with Gasteiger partial charge in [-0.05, 0) is 30.5 Å². The molecule has 7 nitrogen and oxygen atoms in total. The van der Waals surface area contributed by atoms with Gasteiger partial charge in [-0.3, -0.25) is 9.59 Å². The predicted molar refractivity (Wildman–Crippen MR) is 102 cm³/mol. The van der Waals surface area contributed by atoms with E-state index in [0.717, 1.165) is 18.4 Å². The summed E-state index contributed by atoms with van der Waals surface area (Å²) in [7, 11) is 1.46. The number of aliphatic carboxylic acids is 1. The summed E-state index contributed by atoms with van der Waals surface area (Å²) < 4.78 is 16.7. The maximum atomic E-state index is 12.8. The fourth-order valence-corrected chi connectivity index (χ4v) is 4.27. The second kappa shape index (κ2) is 7.73. The van der Waals surface area contributed by atoms with Crippen LogP contribution in [0.2, 0.25) is 0 Å². The molecule has 0 radical (unpaired) electrons. The molecule has 0 atom stereocenters. The van der Waals surface area contributed by atoms with Crippen molar-refractivity contribution in [2.75, 3.05) is 13.7 Å². The molecule has 0 fully saturated rings. The first-order chi connectivity index (χ1) is 14.0. The van der Waals surface area contributed by atoms with Crippen molar-refractivity contribution in [1.82, 2.24) is 0 Å². The topological polar surface area (TPSA) is 99.1 Å². The normalized spacial score (nSPS) is 19.5. The van der Waals surface area contributed by atoms with Gasteiger partial charge in [-0.1, -0.05) is 6.07 Å². The zero-order chi connectivity index (χ0) is 20.5. The molecule has 7 heteroatoms. The fourth-order valence-electron chi connectivity index (χ4n) is 4.27. The van der Waals surface area contributed by atoms with Crippen LogP contribution >= 0.6 is 0 Å². The number of methoxy groups -OCH3 is 1. The number of rotatable bonds is 5. The van der Waals surface area contributed by atoms with E-state index in [0.29, 0.717) is 59.8 Å². The monoisotopic (exact) mass is 398 g/mol. The smallest absolute Gasteiger partial charge is 0.341 e. The number of carboxylic acids is 1. The number of ketones is 2. The average molecular weight is 398 g/mol. The molecular formula is C22H22O7. The zero-order valence-electron chi connectivity index (χ0n) is 16.2. The van der Waals surface area contributed by atoms with Gasteiger partial charge in [0.05, 0.1) is 7.11 Å². The molecule has 1 aromatic carbocycles. The van der Waals surface area contributed by atoms with Gasteiger partial charge in [-0.15, -0.1) is 0 Å². The molecule has 4 rings (SSSR count). The van der Waals surface area contributed by atoms with E-state index < -0.39 is 18.5 Å². The van der Waals surface area contributed by atoms with Gasteiger partial charge in [0.2, 0.25) is 0 Å². The number of ether oxygens (including phenoxy) is 3. The van der Waals surface area contributed by atoms with Gasteiger partial charge >= 0.3 is 5.97 Å². The number of carbonyl (C=O) groups is 3. The molecule has 0 bridgehead atoms. The minimum Gasteiger partial charge on any atom is -0.493 e. The Morgan fingerprint density at radius 1 is 1.03 bits per heavy atom. The van der Waals surface area contributed by atoms with Crippen LogP contribution in [-0.4, -0.2) is 36.4 Å². The van der Waals surface area contributed by atoms with E-state index in [1.54, 1.807) is 18.2 Å². The number of hydrogen-bond donors (Lipinski definition) is 1. The molecule has 0 aromatic heterocycles. The average Bonchev–Trinajstić information content (AvgIpc) is 2.71. The summed E-state index contributed by atoms with van der Waals surface area (Å²) >= 11 is 0. The van der Waals surface area contributed by atoms with Gasteiger partial charge in [0.15, 0.2) is 29.7 Å². The molecule has 0 spiro atoms. The van der Waals surface area contributed by atoms with Crippen LogP contribution in [0.4, 0.5) is 0 Å². The van der Waals surface area contributed by atoms with Crippen molar-refractivity contribution in [3.63, 3.8) is 0 Å². The van der Waals surface area contributed by atoms with Gasteiger partial charge in [-0.25, -0.2) is 4.79 Å².